The average molecular weight is 558 g/mol. The van der Waals surface area contributed by atoms with Crippen molar-refractivity contribution >= 4 is 17.2 Å². The second-order valence-electron chi connectivity index (χ2n) is 10.2. The molecule has 0 radical (unpaired) electrons. The number of carbonyl (C=O) groups excluding carboxylic acids is 1. The number of hydrogen-bond donors (Lipinski definition) is 1. The molecule has 0 saturated heterocycles. The highest BCUT2D eigenvalue weighted by molar-refractivity contribution is 7.09. The van der Waals surface area contributed by atoms with E-state index in [0.717, 1.165) is 48.9 Å². The molecule has 1 aromatic heterocycles. The predicted molar refractivity (Wildman–Crippen MR) is 162 cm³/mol. The molecule has 3 aromatic carbocycles. The summed E-state index contributed by atoms with van der Waals surface area (Å²) in [6.45, 7) is 6.45. The molecule has 7 heteroatoms. The predicted octanol–water partition coefficient (Wildman–Crippen LogP) is 6.46. The number of nitrogens with zero attached hydrogens (tertiary/aromatic N) is 2. The Hall–Kier alpha value is -3.68. The maximum Gasteiger partial charge on any atom is 0.270 e. The zero-order valence-corrected chi connectivity index (χ0v) is 24.7. The van der Waals surface area contributed by atoms with E-state index in [9.17, 15) is 4.79 Å². The molecular weight excluding hydrogens is 518 g/mol. The molecule has 1 N–H and O–H groups in total. The van der Waals surface area contributed by atoms with E-state index in [-0.39, 0.29) is 11.9 Å². The molecule has 0 aliphatic rings. The maximum atomic E-state index is 12.9. The first kappa shape index (κ1) is 29.3. The van der Waals surface area contributed by atoms with E-state index in [0.29, 0.717) is 12.2 Å². The van der Waals surface area contributed by atoms with E-state index >= 15 is 0 Å². The third-order valence-electron chi connectivity index (χ3n) is 6.92. The van der Waals surface area contributed by atoms with Crippen LogP contribution in [0, 0.1) is 6.92 Å². The van der Waals surface area contributed by atoms with Crippen molar-refractivity contribution in [3.05, 3.63) is 111 Å². The van der Waals surface area contributed by atoms with E-state index < -0.39 is 0 Å². The second kappa shape index (κ2) is 14.6. The van der Waals surface area contributed by atoms with Gasteiger partial charge < -0.3 is 14.8 Å². The van der Waals surface area contributed by atoms with Crippen molar-refractivity contribution in [1.29, 1.82) is 0 Å². The van der Waals surface area contributed by atoms with Gasteiger partial charge in [-0.2, -0.15) is 0 Å². The lowest BCUT2D eigenvalue weighted by molar-refractivity contribution is 0.0933. The topological polar surface area (TPSA) is 63.7 Å². The molecular formula is C33H39N3O3S. The van der Waals surface area contributed by atoms with E-state index in [1.165, 1.54) is 33.6 Å². The number of ether oxygens (including phenoxy) is 2. The summed E-state index contributed by atoms with van der Waals surface area (Å²) in [7, 11) is 3.31. The summed E-state index contributed by atoms with van der Waals surface area (Å²) in [4.78, 5) is 20.0. The molecule has 40 heavy (non-hydrogen) atoms. The summed E-state index contributed by atoms with van der Waals surface area (Å²) >= 11 is 1.54. The lowest BCUT2D eigenvalue weighted by Crippen LogP contribution is -2.33. The number of aromatic nitrogens is 1. The van der Waals surface area contributed by atoms with Crippen LogP contribution >= 0.6 is 11.3 Å². The summed E-state index contributed by atoms with van der Waals surface area (Å²) < 4.78 is 10.9. The Morgan fingerprint density at radius 3 is 2.35 bits per heavy atom. The Bertz CT molecular complexity index is 1360. The molecule has 1 unspecified atom stereocenters. The number of rotatable bonds is 14. The standard InChI is InChI=1S/C33H39N3O3S/c1-24-10-13-28(14-11-24)21-36(19-18-27-16-17-30(38-3)31(20-27)39-4)22-32-35-29(23-40-32)33(37)34-25(2)12-15-26-8-6-5-7-9-26/h5-11,13-14,16-17,20,23,25H,12,15,18-19,21-22H2,1-4H3,(H,34,37). The largest absolute Gasteiger partial charge is 0.493 e. The van der Waals surface area contributed by atoms with Gasteiger partial charge >= 0.3 is 0 Å². The van der Waals surface area contributed by atoms with Gasteiger partial charge in [0.25, 0.3) is 5.91 Å². The molecule has 210 valence electrons. The number of aryl methyl sites for hydroxylation is 2. The number of benzene rings is 3. The average Bonchev–Trinajstić information content (AvgIpc) is 3.45. The highest BCUT2D eigenvalue weighted by Gasteiger charge is 2.16. The lowest BCUT2D eigenvalue weighted by Gasteiger charge is -2.22. The Morgan fingerprint density at radius 1 is 0.900 bits per heavy atom. The highest BCUT2D eigenvalue weighted by atomic mass is 32.1. The molecule has 0 fully saturated rings. The van der Waals surface area contributed by atoms with Gasteiger partial charge in [0.05, 0.1) is 20.8 Å². The molecule has 0 bridgehead atoms. The maximum absolute atomic E-state index is 12.9. The van der Waals surface area contributed by atoms with Crippen LogP contribution in [0.4, 0.5) is 0 Å². The third-order valence-corrected chi connectivity index (χ3v) is 7.75. The zero-order valence-electron chi connectivity index (χ0n) is 23.9. The van der Waals surface area contributed by atoms with E-state index in [1.54, 1.807) is 14.2 Å². The van der Waals surface area contributed by atoms with Crippen LogP contribution in [-0.2, 0) is 25.9 Å². The number of nitrogens with one attached hydrogen (secondary N) is 1. The molecule has 1 amide bonds. The van der Waals surface area contributed by atoms with Crippen molar-refractivity contribution in [2.75, 3.05) is 20.8 Å². The number of carbonyl (C=O) groups is 1. The summed E-state index contributed by atoms with van der Waals surface area (Å²) in [6.07, 6.45) is 2.66. The van der Waals surface area contributed by atoms with Crippen LogP contribution in [0.15, 0.2) is 78.2 Å². The van der Waals surface area contributed by atoms with Crippen LogP contribution in [0.25, 0.3) is 0 Å². The highest BCUT2D eigenvalue weighted by Crippen LogP contribution is 2.28. The molecule has 0 spiro atoms. The Labute approximate surface area is 242 Å². The Balaban J connectivity index is 1.38. The van der Waals surface area contributed by atoms with Crippen molar-refractivity contribution in [2.45, 2.75) is 52.2 Å². The molecule has 0 aliphatic carbocycles. The molecule has 4 aromatic rings. The van der Waals surface area contributed by atoms with Gasteiger partial charge in [-0.15, -0.1) is 11.3 Å². The summed E-state index contributed by atoms with van der Waals surface area (Å²) in [5.41, 5.74) is 5.44. The Kier molecular flexibility index (Phi) is 10.7. The fourth-order valence-electron chi connectivity index (χ4n) is 4.57. The van der Waals surface area contributed by atoms with Gasteiger partial charge in [0.2, 0.25) is 0 Å². The van der Waals surface area contributed by atoms with Crippen LogP contribution in [0.2, 0.25) is 0 Å². The third kappa shape index (κ3) is 8.66. The van der Waals surface area contributed by atoms with Gasteiger partial charge in [-0.1, -0.05) is 66.2 Å². The first-order chi connectivity index (χ1) is 19.4. The van der Waals surface area contributed by atoms with E-state index in [1.807, 2.05) is 42.6 Å². The summed E-state index contributed by atoms with van der Waals surface area (Å²) in [5.74, 6) is 1.35. The first-order valence-corrected chi connectivity index (χ1v) is 14.6. The SMILES string of the molecule is COc1ccc(CCN(Cc2ccc(C)cc2)Cc2nc(C(=O)NC(C)CCc3ccccc3)cs2)cc1OC. The van der Waals surface area contributed by atoms with Gasteiger partial charge in [-0.05, 0) is 61.9 Å². The van der Waals surface area contributed by atoms with Crippen LogP contribution in [-0.4, -0.2) is 42.6 Å². The summed E-state index contributed by atoms with van der Waals surface area (Å²) in [5, 5.41) is 5.91. The molecule has 0 aliphatic heterocycles. The van der Waals surface area contributed by atoms with Crippen molar-refractivity contribution in [2.24, 2.45) is 0 Å². The van der Waals surface area contributed by atoms with Gasteiger partial charge in [0.1, 0.15) is 10.7 Å². The lowest BCUT2D eigenvalue weighted by atomic mass is 10.1. The zero-order chi connectivity index (χ0) is 28.3. The smallest absolute Gasteiger partial charge is 0.270 e. The minimum atomic E-state index is -0.113. The van der Waals surface area contributed by atoms with Gasteiger partial charge in [0, 0.05) is 24.5 Å². The molecule has 1 heterocycles. The van der Waals surface area contributed by atoms with Gasteiger partial charge in [-0.25, -0.2) is 4.98 Å². The van der Waals surface area contributed by atoms with E-state index in [2.05, 4.69) is 59.6 Å². The number of hydrogen-bond acceptors (Lipinski definition) is 6. The number of thiazole rings is 1. The second-order valence-corrected chi connectivity index (χ2v) is 11.1. The molecule has 4 rings (SSSR count). The van der Waals surface area contributed by atoms with Crippen molar-refractivity contribution < 1.29 is 14.3 Å². The van der Waals surface area contributed by atoms with Crippen LogP contribution in [0.3, 0.4) is 0 Å². The van der Waals surface area contributed by atoms with Crippen molar-refractivity contribution in [3.63, 3.8) is 0 Å². The fraction of sp³-hybridized carbons (Fsp3) is 0.333. The summed E-state index contributed by atoms with van der Waals surface area (Å²) in [6, 6.07) is 25.1. The van der Waals surface area contributed by atoms with Gasteiger partial charge in [-0.3, -0.25) is 9.69 Å². The minimum absolute atomic E-state index is 0.0670. The first-order valence-electron chi connectivity index (χ1n) is 13.7. The minimum Gasteiger partial charge on any atom is -0.493 e. The molecule has 6 nitrogen and oxygen atoms in total. The van der Waals surface area contributed by atoms with Crippen LogP contribution < -0.4 is 14.8 Å². The number of amides is 1. The monoisotopic (exact) mass is 557 g/mol. The van der Waals surface area contributed by atoms with Crippen molar-refractivity contribution in [3.8, 4) is 11.5 Å². The van der Waals surface area contributed by atoms with E-state index in [4.69, 9.17) is 14.5 Å². The van der Waals surface area contributed by atoms with Crippen LogP contribution in [0.5, 0.6) is 11.5 Å². The van der Waals surface area contributed by atoms with Crippen LogP contribution in [0.1, 0.15) is 51.1 Å². The Morgan fingerprint density at radius 2 is 1.62 bits per heavy atom. The quantitative estimate of drug-likeness (QED) is 0.193. The normalized spacial score (nSPS) is 11.8. The van der Waals surface area contributed by atoms with Gasteiger partial charge in [0.15, 0.2) is 11.5 Å². The fourth-order valence-corrected chi connectivity index (χ4v) is 5.38. The molecule has 1 atom stereocenters. The van der Waals surface area contributed by atoms with Crippen molar-refractivity contribution in [1.82, 2.24) is 15.2 Å². The number of methoxy groups -OCH3 is 2. The molecule has 0 saturated carbocycles.